The van der Waals surface area contributed by atoms with Crippen LogP contribution in [0.25, 0.3) is 11.1 Å². The van der Waals surface area contributed by atoms with Crippen LogP contribution in [0.2, 0.25) is 0 Å². The molecule has 0 atom stereocenters. The molecule has 3 nitrogen and oxygen atoms in total. The lowest BCUT2D eigenvalue weighted by Gasteiger charge is -2.42. The van der Waals surface area contributed by atoms with Gasteiger partial charge in [0.1, 0.15) is 0 Å². The highest BCUT2D eigenvalue weighted by atomic mass is 32.2. The van der Waals surface area contributed by atoms with Gasteiger partial charge in [-0.2, -0.15) is 0 Å². The van der Waals surface area contributed by atoms with Crippen LogP contribution in [0.15, 0.2) is 143 Å². The van der Waals surface area contributed by atoms with E-state index in [1.807, 2.05) is 0 Å². The van der Waals surface area contributed by atoms with Gasteiger partial charge in [0.05, 0.1) is 43.3 Å². The lowest BCUT2D eigenvalue weighted by Crippen LogP contribution is -2.30. The normalized spacial score (nSPS) is 16.5. The quantitative estimate of drug-likeness (QED) is 0.194. The number of nitrogens with zero attached hydrogens (tertiary/aromatic N) is 2. The lowest BCUT2D eigenvalue weighted by atomic mass is 9.73. The summed E-state index contributed by atoms with van der Waals surface area (Å²) in [6, 6.07) is 47.8. The number of rotatable bonds is 2. The van der Waals surface area contributed by atoms with Crippen LogP contribution in [0.1, 0.15) is 49.9 Å². The van der Waals surface area contributed by atoms with Gasteiger partial charge in [0.25, 0.3) is 0 Å². The van der Waals surface area contributed by atoms with E-state index in [9.17, 15) is 4.21 Å². The first-order valence-corrected chi connectivity index (χ1v) is 17.1. The van der Waals surface area contributed by atoms with E-state index in [0.717, 1.165) is 32.3 Å². The molecule has 3 aliphatic heterocycles. The van der Waals surface area contributed by atoms with Crippen molar-refractivity contribution >= 4 is 44.9 Å². The van der Waals surface area contributed by atoms with Crippen LogP contribution in [-0.2, 0) is 21.6 Å². The fraction of sp³-hybridized carbons (Fsp3) is 0.143. The first kappa shape index (κ1) is 27.4. The maximum atomic E-state index is 13.9. The first-order chi connectivity index (χ1) is 22.3. The Morgan fingerprint density at radius 2 is 0.739 bits per heavy atom. The van der Waals surface area contributed by atoms with Crippen molar-refractivity contribution in [2.24, 2.45) is 0 Å². The van der Waals surface area contributed by atoms with E-state index in [4.69, 9.17) is 0 Å². The maximum Gasteiger partial charge on any atom is 0.0862 e. The Labute approximate surface area is 273 Å². The Balaban J connectivity index is 1.22. The summed E-state index contributed by atoms with van der Waals surface area (Å²) >= 11 is 0. The molecule has 0 radical (unpaired) electrons. The summed E-state index contributed by atoms with van der Waals surface area (Å²) in [7, 11) is -1.24. The smallest absolute Gasteiger partial charge is 0.0862 e. The van der Waals surface area contributed by atoms with E-state index in [0.29, 0.717) is 0 Å². The van der Waals surface area contributed by atoms with Gasteiger partial charge in [0.15, 0.2) is 0 Å². The molecule has 46 heavy (non-hydrogen) atoms. The first-order valence-electron chi connectivity index (χ1n) is 16.0. The van der Waals surface area contributed by atoms with Crippen LogP contribution in [0.3, 0.4) is 0 Å². The van der Waals surface area contributed by atoms with E-state index in [1.54, 1.807) is 0 Å². The van der Waals surface area contributed by atoms with E-state index >= 15 is 0 Å². The van der Waals surface area contributed by atoms with Crippen LogP contribution in [0.5, 0.6) is 0 Å². The lowest BCUT2D eigenvalue weighted by molar-refractivity contribution is 0.631. The molecule has 4 heteroatoms. The van der Waals surface area contributed by atoms with Crippen molar-refractivity contribution in [1.29, 1.82) is 0 Å². The highest BCUT2D eigenvalue weighted by molar-refractivity contribution is 7.85. The van der Waals surface area contributed by atoms with Crippen LogP contribution >= 0.6 is 0 Å². The summed E-state index contributed by atoms with van der Waals surface area (Å²) in [5, 5.41) is 0. The van der Waals surface area contributed by atoms with Gasteiger partial charge < -0.3 is 9.80 Å². The zero-order valence-electron chi connectivity index (χ0n) is 26.4. The molecule has 6 aromatic rings. The average Bonchev–Trinajstić information content (AvgIpc) is 3.35. The average molecular weight is 615 g/mol. The van der Waals surface area contributed by atoms with Crippen molar-refractivity contribution < 1.29 is 4.21 Å². The minimum absolute atomic E-state index is 0.126. The Morgan fingerprint density at radius 3 is 1.07 bits per heavy atom. The van der Waals surface area contributed by atoms with Crippen LogP contribution in [-0.4, -0.2) is 4.21 Å². The summed E-state index contributed by atoms with van der Waals surface area (Å²) in [5.74, 6) is 0. The Kier molecular flexibility index (Phi) is 5.68. The molecule has 3 heterocycles. The molecule has 224 valence electrons. The number of hydrogen-bond donors (Lipinski definition) is 0. The number of hydrogen-bond acceptors (Lipinski definition) is 3. The molecule has 3 aliphatic rings. The molecule has 0 N–H and O–H groups in total. The van der Waals surface area contributed by atoms with Crippen molar-refractivity contribution in [3.05, 3.63) is 156 Å². The highest BCUT2D eigenvalue weighted by Gasteiger charge is 2.39. The van der Waals surface area contributed by atoms with Crippen molar-refractivity contribution in [3.63, 3.8) is 0 Å². The highest BCUT2D eigenvalue weighted by Crippen LogP contribution is 2.55. The topological polar surface area (TPSA) is 23.6 Å². The van der Waals surface area contributed by atoms with Gasteiger partial charge in [-0.15, -0.1) is 0 Å². The molecule has 0 saturated carbocycles. The predicted molar refractivity (Wildman–Crippen MR) is 190 cm³/mol. The minimum Gasteiger partial charge on any atom is -0.310 e. The molecular weight excluding hydrogens is 581 g/mol. The van der Waals surface area contributed by atoms with Crippen LogP contribution in [0.4, 0.5) is 34.1 Å². The number of para-hydroxylation sites is 4. The second-order valence-corrected chi connectivity index (χ2v) is 15.0. The molecule has 0 amide bonds. The number of anilines is 6. The van der Waals surface area contributed by atoms with Crippen molar-refractivity contribution in [2.45, 2.75) is 48.3 Å². The van der Waals surface area contributed by atoms with Crippen molar-refractivity contribution in [2.75, 3.05) is 9.80 Å². The van der Waals surface area contributed by atoms with Crippen LogP contribution < -0.4 is 9.80 Å². The molecule has 0 bridgehead atoms. The zero-order chi connectivity index (χ0) is 31.4. The van der Waals surface area contributed by atoms with Gasteiger partial charge in [-0.05, 0) is 82.9 Å². The molecule has 6 aromatic carbocycles. The van der Waals surface area contributed by atoms with Gasteiger partial charge in [-0.3, -0.25) is 0 Å². The maximum absolute atomic E-state index is 13.9. The van der Waals surface area contributed by atoms with Gasteiger partial charge in [-0.1, -0.05) is 100 Å². The SMILES string of the molecule is CC1(C)c2ccccc2N(c2ccc3c(c2)-c2cc(N4c5ccccc5C(C)(C)c5ccccc54)ccc2S3=O)c2ccccc21. The number of benzene rings is 6. The third-order valence-corrected chi connectivity index (χ3v) is 11.9. The Morgan fingerprint density at radius 1 is 0.435 bits per heavy atom. The molecule has 0 fully saturated rings. The minimum atomic E-state index is -1.24. The summed E-state index contributed by atoms with van der Waals surface area (Å²) in [5.41, 5.74) is 13.9. The van der Waals surface area contributed by atoms with Crippen molar-refractivity contribution in [3.8, 4) is 11.1 Å². The fourth-order valence-corrected chi connectivity index (χ4v) is 9.43. The van der Waals surface area contributed by atoms with E-state index < -0.39 is 10.8 Å². The molecule has 0 unspecified atom stereocenters. The van der Waals surface area contributed by atoms with E-state index in [2.05, 4.69) is 171 Å². The Bertz CT molecular complexity index is 2010. The van der Waals surface area contributed by atoms with E-state index in [-0.39, 0.29) is 10.8 Å². The summed E-state index contributed by atoms with van der Waals surface area (Å²) in [6.07, 6.45) is 0. The molecule has 0 aliphatic carbocycles. The fourth-order valence-electron chi connectivity index (χ4n) is 8.07. The summed E-state index contributed by atoms with van der Waals surface area (Å²) in [6.45, 7) is 9.24. The standard InChI is InChI=1S/C42H34N2OS/c1-41(2)31-13-5-9-17-35(31)43(36-18-10-6-14-32(36)41)27-21-23-39-29(25-27)30-26-28(22-24-40(30)46(39)45)44-37-19-11-7-15-33(37)42(3,4)34-16-8-12-20-38(34)44/h5-26H,1-4H3. The van der Waals surface area contributed by atoms with Crippen molar-refractivity contribution in [1.82, 2.24) is 0 Å². The molecule has 9 rings (SSSR count). The van der Waals surface area contributed by atoms with Crippen LogP contribution in [0, 0.1) is 0 Å². The van der Waals surface area contributed by atoms with Gasteiger partial charge >= 0.3 is 0 Å². The summed E-state index contributed by atoms with van der Waals surface area (Å²) < 4.78 is 13.9. The largest absolute Gasteiger partial charge is 0.310 e. The van der Waals surface area contributed by atoms with Gasteiger partial charge in [-0.25, -0.2) is 4.21 Å². The molecule has 0 saturated heterocycles. The second-order valence-electron chi connectivity index (χ2n) is 13.6. The third kappa shape index (κ3) is 3.62. The monoisotopic (exact) mass is 614 g/mol. The Hall–Kier alpha value is -4.93. The van der Waals surface area contributed by atoms with Gasteiger partial charge in [0, 0.05) is 33.3 Å². The van der Waals surface area contributed by atoms with Gasteiger partial charge in [0.2, 0.25) is 0 Å². The second kappa shape index (κ2) is 9.54. The molecule has 0 aromatic heterocycles. The van der Waals surface area contributed by atoms with E-state index in [1.165, 1.54) is 45.0 Å². The third-order valence-electron chi connectivity index (χ3n) is 10.4. The number of fused-ring (bicyclic) bond motifs is 7. The predicted octanol–water partition coefficient (Wildman–Crippen LogP) is 11.1. The zero-order valence-corrected chi connectivity index (χ0v) is 27.2. The molecular formula is C42H34N2OS. The summed E-state index contributed by atoms with van der Waals surface area (Å²) in [4.78, 5) is 6.49. The molecule has 0 spiro atoms.